The molecule has 2 aliphatic heterocycles. The molecule has 3 heterocycles. The van der Waals surface area contributed by atoms with Crippen molar-refractivity contribution in [2.75, 3.05) is 31.5 Å². The van der Waals surface area contributed by atoms with Crippen LogP contribution >= 0.6 is 11.6 Å². The number of carbonyl (C=O) groups excluding carboxylic acids is 2. The van der Waals surface area contributed by atoms with E-state index in [1.807, 2.05) is 55.5 Å². The van der Waals surface area contributed by atoms with E-state index < -0.39 is 0 Å². The molecule has 3 N–H and O–H groups in total. The Morgan fingerprint density at radius 2 is 1.89 bits per heavy atom. The lowest BCUT2D eigenvalue weighted by atomic mass is 9.94. The maximum absolute atomic E-state index is 13.0. The summed E-state index contributed by atoms with van der Waals surface area (Å²) in [5.74, 6) is -0.343. The molecule has 6 nitrogen and oxygen atoms in total. The first-order valence-electron chi connectivity index (χ1n) is 12.1. The monoisotopic (exact) mass is 488 g/mol. The Hall–Kier alpha value is -3.35. The van der Waals surface area contributed by atoms with Crippen LogP contribution in [0.15, 0.2) is 48.5 Å². The van der Waals surface area contributed by atoms with E-state index in [1.165, 1.54) is 12.8 Å². The van der Waals surface area contributed by atoms with Crippen LogP contribution in [0.3, 0.4) is 0 Å². The number of halogens is 1. The number of likely N-dealkylation sites (tertiary alicyclic amines) is 1. The number of carbonyl (C=O) groups is 2. The molecular formula is C28H29ClN4O2. The van der Waals surface area contributed by atoms with Crippen LogP contribution in [-0.2, 0) is 4.79 Å². The normalized spacial score (nSPS) is 16.5. The Kier molecular flexibility index (Phi) is 6.75. The van der Waals surface area contributed by atoms with Crippen LogP contribution in [0.25, 0.3) is 22.8 Å². The predicted octanol–water partition coefficient (Wildman–Crippen LogP) is 5.35. The average Bonchev–Trinajstić information content (AvgIpc) is 3.57. The van der Waals surface area contributed by atoms with Crippen LogP contribution in [0.2, 0.25) is 5.02 Å². The molecule has 2 amide bonds. The fraction of sp³-hybridized carbons (Fsp3) is 0.286. The van der Waals surface area contributed by atoms with Crippen molar-refractivity contribution in [3.8, 4) is 11.1 Å². The zero-order chi connectivity index (χ0) is 24.4. The number of H-pyrrole nitrogens is 1. The number of nitrogens with one attached hydrogen (secondary N) is 3. The number of benzene rings is 2. The Bertz CT molecular complexity index is 1300. The van der Waals surface area contributed by atoms with E-state index in [4.69, 9.17) is 11.6 Å². The Balaban J connectivity index is 1.42. The van der Waals surface area contributed by atoms with Gasteiger partial charge in [0.25, 0.3) is 11.8 Å². The zero-order valence-corrected chi connectivity index (χ0v) is 20.5. The summed E-state index contributed by atoms with van der Waals surface area (Å²) in [4.78, 5) is 31.7. The van der Waals surface area contributed by atoms with Gasteiger partial charge in [-0.2, -0.15) is 0 Å². The Labute approximate surface area is 210 Å². The van der Waals surface area contributed by atoms with Crippen molar-refractivity contribution in [3.63, 3.8) is 0 Å². The summed E-state index contributed by atoms with van der Waals surface area (Å²) in [6.07, 6.45) is 5.22. The number of aromatic nitrogens is 1. The minimum Gasteiger partial charge on any atom is -0.358 e. The van der Waals surface area contributed by atoms with Crippen molar-refractivity contribution in [1.29, 1.82) is 0 Å². The van der Waals surface area contributed by atoms with Crippen molar-refractivity contribution < 1.29 is 9.59 Å². The lowest BCUT2D eigenvalue weighted by molar-refractivity contribution is -0.110. The molecule has 1 saturated heterocycles. The summed E-state index contributed by atoms with van der Waals surface area (Å²) in [6, 6.07) is 15.2. The number of rotatable bonds is 7. The number of aryl methyl sites for hydroxylation is 1. The topological polar surface area (TPSA) is 77.2 Å². The van der Waals surface area contributed by atoms with Crippen LogP contribution in [0.5, 0.6) is 0 Å². The predicted molar refractivity (Wildman–Crippen MR) is 142 cm³/mol. The fourth-order valence-corrected chi connectivity index (χ4v) is 5.19. The molecule has 0 bridgehead atoms. The van der Waals surface area contributed by atoms with Crippen LogP contribution < -0.4 is 10.6 Å². The minimum absolute atomic E-state index is 0.138. The van der Waals surface area contributed by atoms with E-state index in [0.29, 0.717) is 28.4 Å². The van der Waals surface area contributed by atoms with Crippen LogP contribution in [0.4, 0.5) is 5.69 Å². The summed E-state index contributed by atoms with van der Waals surface area (Å²) in [6.45, 7) is 5.84. The quantitative estimate of drug-likeness (QED) is 0.310. The van der Waals surface area contributed by atoms with Gasteiger partial charge in [-0.3, -0.25) is 9.59 Å². The van der Waals surface area contributed by atoms with E-state index >= 15 is 0 Å². The molecule has 3 aromatic rings. The van der Waals surface area contributed by atoms with Crippen molar-refractivity contribution in [3.05, 3.63) is 76.1 Å². The van der Waals surface area contributed by atoms with Gasteiger partial charge in [0.05, 0.1) is 16.8 Å². The molecule has 2 aromatic carbocycles. The Morgan fingerprint density at radius 3 is 2.69 bits per heavy atom. The van der Waals surface area contributed by atoms with Gasteiger partial charge in [0.1, 0.15) is 0 Å². The third-order valence-corrected chi connectivity index (χ3v) is 6.97. The summed E-state index contributed by atoms with van der Waals surface area (Å²) >= 11 is 6.49. The summed E-state index contributed by atoms with van der Waals surface area (Å²) < 4.78 is 0. The first kappa shape index (κ1) is 23.4. The first-order valence-corrected chi connectivity index (χ1v) is 12.5. The van der Waals surface area contributed by atoms with Gasteiger partial charge in [0.15, 0.2) is 0 Å². The standard InChI is InChI=1S/C28H29ClN4O2/c1-18-16-21(27(34)30-12-7-15-33-13-4-5-14-33)25(31-18)17-22-26-20(19-8-2-3-10-23(19)29)9-6-11-24(26)32-28(22)35/h2-3,6,8-11,16-17,31H,4-5,7,12-15H2,1H3,(H,30,34)(H,32,35)/b22-17-. The first-order chi connectivity index (χ1) is 17.0. The van der Waals surface area contributed by atoms with Crippen LogP contribution in [0.1, 0.15) is 46.6 Å². The maximum Gasteiger partial charge on any atom is 0.256 e. The molecule has 5 rings (SSSR count). The molecular weight excluding hydrogens is 460 g/mol. The van der Waals surface area contributed by atoms with Crippen molar-refractivity contribution >= 4 is 40.8 Å². The van der Waals surface area contributed by atoms with Gasteiger partial charge >= 0.3 is 0 Å². The van der Waals surface area contributed by atoms with Crippen molar-refractivity contribution in [2.24, 2.45) is 0 Å². The van der Waals surface area contributed by atoms with E-state index in [2.05, 4.69) is 20.5 Å². The molecule has 0 saturated carbocycles. The summed E-state index contributed by atoms with van der Waals surface area (Å²) in [5.41, 5.74) is 5.75. The number of amides is 2. The number of nitrogens with zero attached hydrogens (tertiary/aromatic N) is 1. The molecule has 35 heavy (non-hydrogen) atoms. The summed E-state index contributed by atoms with van der Waals surface area (Å²) in [5, 5.41) is 6.61. The molecule has 0 radical (unpaired) electrons. The number of anilines is 1. The molecule has 7 heteroatoms. The van der Waals surface area contributed by atoms with Gasteiger partial charge in [-0.05, 0) is 75.7 Å². The SMILES string of the molecule is Cc1cc(C(=O)NCCCN2CCCC2)c(/C=C2\C(=O)Nc3cccc(-c4ccccc4Cl)c32)[nH]1. The van der Waals surface area contributed by atoms with Gasteiger partial charge in [-0.1, -0.05) is 41.9 Å². The highest BCUT2D eigenvalue weighted by atomic mass is 35.5. The Morgan fingerprint density at radius 1 is 1.11 bits per heavy atom. The second-order valence-corrected chi connectivity index (χ2v) is 9.57. The molecule has 0 aliphatic carbocycles. The van der Waals surface area contributed by atoms with Crippen LogP contribution in [0, 0.1) is 6.92 Å². The molecule has 1 aromatic heterocycles. The minimum atomic E-state index is -0.205. The van der Waals surface area contributed by atoms with Gasteiger partial charge in [-0.15, -0.1) is 0 Å². The van der Waals surface area contributed by atoms with E-state index in [1.54, 1.807) is 6.08 Å². The van der Waals surface area contributed by atoms with Gasteiger partial charge in [-0.25, -0.2) is 0 Å². The molecule has 0 atom stereocenters. The lowest BCUT2D eigenvalue weighted by Gasteiger charge is -2.14. The fourth-order valence-electron chi connectivity index (χ4n) is 4.95. The highest BCUT2D eigenvalue weighted by molar-refractivity contribution is 6.38. The van der Waals surface area contributed by atoms with Crippen molar-refractivity contribution in [1.82, 2.24) is 15.2 Å². The average molecular weight is 489 g/mol. The number of fused-ring (bicyclic) bond motifs is 1. The van der Waals surface area contributed by atoms with Gasteiger partial charge in [0.2, 0.25) is 0 Å². The lowest BCUT2D eigenvalue weighted by Crippen LogP contribution is -2.28. The van der Waals surface area contributed by atoms with Gasteiger partial charge in [0, 0.05) is 34.1 Å². The number of hydrogen-bond acceptors (Lipinski definition) is 3. The maximum atomic E-state index is 13.0. The van der Waals surface area contributed by atoms with Crippen molar-refractivity contribution in [2.45, 2.75) is 26.2 Å². The van der Waals surface area contributed by atoms with E-state index in [0.717, 1.165) is 54.1 Å². The summed E-state index contributed by atoms with van der Waals surface area (Å²) in [7, 11) is 0. The smallest absolute Gasteiger partial charge is 0.256 e. The van der Waals surface area contributed by atoms with Gasteiger partial charge < -0.3 is 20.5 Å². The largest absolute Gasteiger partial charge is 0.358 e. The van der Waals surface area contributed by atoms with Crippen LogP contribution in [-0.4, -0.2) is 47.9 Å². The third kappa shape index (κ3) is 4.90. The number of hydrogen-bond donors (Lipinski definition) is 3. The van der Waals surface area contributed by atoms with E-state index in [9.17, 15) is 9.59 Å². The highest BCUT2D eigenvalue weighted by Crippen LogP contribution is 2.42. The third-order valence-electron chi connectivity index (χ3n) is 6.64. The molecule has 1 fully saturated rings. The highest BCUT2D eigenvalue weighted by Gasteiger charge is 2.28. The zero-order valence-electron chi connectivity index (χ0n) is 19.8. The molecule has 2 aliphatic rings. The number of aromatic amines is 1. The van der Waals surface area contributed by atoms with E-state index in [-0.39, 0.29) is 11.8 Å². The molecule has 0 unspecified atom stereocenters. The molecule has 180 valence electrons. The molecule has 0 spiro atoms. The second-order valence-electron chi connectivity index (χ2n) is 9.16. The second kappa shape index (κ2) is 10.1.